The Balaban J connectivity index is 1.25. The topological polar surface area (TPSA) is 113 Å². The molecule has 0 atom stereocenters. The maximum absolute atomic E-state index is 13.1. The van der Waals surface area contributed by atoms with Gasteiger partial charge in [0.2, 0.25) is 5.91 Å². The first-order chi connectivity index (χ1) is 17.7. The molecule has 1 fully saturated rings. The van der Waals surface area contributed by atoms with Crippen LogP contribution in [0.1, 0.15) is 39.2 Å². The summed E-state index contributed by atoms with van der Waals surface area (Å²) in [6.45, 7) is 2.79. The summed E-state index contributed by atoms with van der Waals surface area (Å²) < 4.78 is 27.8. The molecule has 1 aromatic carbocycles. The van der Waals surface area contributed by atoms with Gasteiger partial charge in [-0.25, -0.2) is 8.42 Å². The number of primary amides is 1. The Hall–Kier alpha value is -2.28. The lowest BCUT2D eigenvalue weighted by Crippen LogP contribution is -2.41. The largest absolute Gasteiger partial charge is 0.365 e. The van der Waals surface area contributed by atoms with Gasteiger partial charge in [0.15, 0.2) is 0 Å². The number of piperidine rings is 1. The van der Waals surface area contributed by atoms with Gasteiger partial charge in [-0.3, -0.25) is 14.5 Å². The highest BCUT2D eigenvalue weighted by Gasteiger charge is 2.34. The predicted molar refractivity (Wildman–Crippen MR) is 147 cm³/mol. The van der Waals surface area contributed by atoms with Crippen molar-refractivity contribution in [2.75, 3.05) is 25.0 Å². The molecule has 37 heavy (non-hydrogen) atoms. The fourth-order valence-corrected chi connectivity index (χ4v) is 9.32. The first-order valence-electron chi connectivity index (χ1n) is 12.0. The predicted octanol–water partition coefficient (Wildman–Crippen LogP) is 4.16. The number of nitrogens with one attached hydrogen (secondary N) is 1. The molecule has 0 spiro atoms. The molecule has 2 amide bonds. The number of hydrogen-bond donors (Lipinski definition) is 2. The van der Waals surface area contributed by atoms with Crippen LogP contribution in [0.2, 0.25) is 4.34 Å². The van der Waals surface area contributed by atoms with Crippen LogP contribution in [-0.4, -0.2) is 49.1 Å². The second kappa shape index (κ2) is 10.8. The van der Waals surface area contributed by atoms with E-state index in [0.29, 0.717) is 40.7 Å². The van der Waals surface area contributed by atoms with Gasteiger partial charge in [-0.1, -0.05) is 41.9 Å². The molecule has 0 saturated carbocycles. The van der Waals surface area contributed by atoms with Gasteiger partial charge in [0.05, 0.1) is 9.90 Å². The molecule has 4 heterocycles. The van der Waals surface area contributed by atoms with Crippen molar-refractivity contribution in [1.82, 2.24) is 9.21 Å². The second-order valence-electron chi connectivity index (χ2n) is 9.24. The average molecular weight is 579 g/mol. The van der Waals surface area contributed by atoms with Crippen LogP contribution < -0.4 is 11.1 Å². The number of nitrogens with two attached hydrogens (primary N) is 1. The number of fused-ring (bicyclic) bond motifs is 1. The molecule has 5 rings (SSSR count). The molecule has 0 aliphatic carbocycles. The summed E-state index contributed by atoms with van der Waals surface area (Å²) in [5.74, 6) is -1.11. The Bertz CT molecular complexity index is 1410. The molecule has 8 nitrogen and oxygen atoms in total. The molecule has 12 heteroatoms. The van der Waals surface area contributed by atoms with Crippen molar-refractivity contribution in [2.45, 2.75) is 36.6 Å². The zero-order valence-electron chi connectivity index (χ0n) is 20.0. The molecule has 3 aromatic rings. The van der Waals surface area contributed by atoms with E-state index in [9.17, 15) is 18.0 Å². The number of rotatable bonds is 7. The van der Waals surface area contributed by atoms with Crippen molar-refractivity contribution in [2.24, 2.45) is 11.7 Å². The van der Waals surface area contributed by atoms with Gasteiger partial charge in [-0.15, -0.1) is 22.7 Å². The third-order valence-electron chi connectivity index (χ3n) is 6.84. The number of hydrogen-bond acceptors (Lipinski definition) is 7. The normalized spacial score (nSPS) is 17.4. The van der Waals surface area contributed by atoms with Gasteiger partial charge in [0, 0.05) is 43.5 Å². The Morgan fingerprint density at radius 2 is 1.78 bits per heavy atom. The van der Waals surface area contributed by atoms with E-state index in [1.807, 2.05) is 18.2 Å². The number of carbonyl (C=O) groups excluding carboxylic acids is 2. The summed E-state index contributed by atoms with van der Waals surface area (Å²) in [5, 5.41) is 3.44. The van der Waals surface area contributed by atoms with Crippen LogP contribution in [0.4, 0.5) is 5.00 Å². The van der Waals surface area contributed by atoms with Crippen LogP contribution in [0.15, 0.2) is 46.7 Å². The Morgan fingerprint density at radius 1 is 1.05 bits per heavy atom. The molecular formula is C25H27ClN4O4S3. The smallest absolute Gasteiger partial charge is 0.252 e. The molecule has 196 valence electrons. The quantitative estimate of drug-likeness (QED) is 0.437. The average Bonchev–Trinajstić information content (AvgIpc) is 3.48. The number of anilines is 1. The van der Waals surface area contributed by atoms with Gasteiger partial charge in [0.1, 0.15) is 9.21 Å². The summed E-state index contributed by atoms with van der Waals surface area (Å²) in [7, 11) is -3.63. The maximum Gasteiger partial charge on any atom is 0.252 e. The number of benzene rings is 1. The van der Waals surface area contributed by atoms with E-state index in [0.717, 1.165) is 34.9 Å². The van der Waals surface area contributed by atoms with Crippen molar-refractivity contribution >= 4 is 61.1 Å². The number of halogens is 1. The van der Waals surface area contributed by atoms with Crippen molar-refractivity contribution < 1.29 is 18.0 Å². The van der Waals surface area contributed by atoms with E-state index in [2.05, 4.69) is 22.3 Å². The van der Waals surface area contributed by atoms with Gasteiger partial charge in [0.25, 0.3) is 15.9 Å². The van der Waals surface area contributed by atoms with Crippen LogP contribution in [0.25, 0.3) is 0 Å². The summed E-state index contributed by atoms with van der Waals surface area (Å²) in [6.07, 6.45) is 1.48. The van der Waals surface area contributed by atoms with Crippen LogP contribution in [0.3, 0.4) is 0 Å². The van der Waals surface area contributed by atoms with Crippen LogP contribution in [0, 0.1) is 5.92 Å². The molecule has 3 N–H and O–H groups in total. The second-order valence-corrected chi connectivity index (χ2v) is 14.2. The Kier molecular flexibility index (Phi) is 7.71. The molecule has 2 aliphatic heterocycles. The lowest BCUT2D eigenvalue weighted by Gasteiger charge is -2.30. The highest BCUT2D eigenvalue weighted by atomic mass is 35.5. The third kappa shape index (κ3) is 5.62. The fraction of sp³-hybridized carbons (Fsp3) is 0.360. The number of sulfonamides is 1. The van der Waals surface area contributed by atoms with Crippen LogP contribution in [-0.2, 0) is 34.3 Å². The lowest BCUT2D eigenvalue weighted by molar-refractivity contribution is -0.120. The van der Waals surface area contributed by atoms with Crippen molar-refractivity contribution in [3.05, 3.63) is 68.4 Å². The number of thiophene rings is 2. The van der Waals surface area contributed by atoms with E-state index < -0.39 is 15.9 Å². The van der Waals surface area contributed by atoms with Crippen molar-refractivity contribution in [1.29, 1.82) is 0 Å². The molecular weight excluding hydrogens is 552 g/mol. The minimum atomic E-state index is -3.63. The summed E-state index contributed by atoms with van der Waals surface area (Å²) >= 11 is 8.35. The number of amides is 2. The molecule has 0 unspecified atom stereocenters. The Morgan fingerprint density at radius 3 is 2.43 bits per heavy atom. The highest BCUT2D eigenvalue weighted by Crippen LogP contribution is 2.38. The van der Waals surface area contributed by atoms with Crippen molar-refractivity contribution in [3.63, 3.8) is 0 Å². The van der Waals surface area contributed by atoms with Gasteiger partial charge >= 0.3 is 0 Å². The van der Waals surface area contributed by atoms with E-state index in [-0.39, 0.29) is 29.1 Å². The van der Waals surface area contributed by atoms with E-state index >= 15 is 0 Å². The van der Waals surface area contributed by atoms with E-state index in [1.54, 1.807) is 6.07 Å². The molecule has 2 aliphatic rings. The van der Waals surface area contributed by atoms with Crippen molar-refractivity contribution in [3.8, 4) is 0 Å². The zero-order valence-corrected chi connectivity index (χ0v) is 23.2. The maximum atomic E-state index is 13.1. The Labute approximate surface area is 229 Å². The standard InChI is InChI=1S/C25H27ClN4O4S3/c26-20-6-7-21(36-20)37(33,34)30-12-8-17(9-13-30)24(32)28-25-22(23(27)31)18-10-11-29(15-19(18)35-25)14-16-4-2-1-3-5-16/h1-7,17H,8-15H2,(H2,27,31)(H,28,32). The summed E-state index contributed by atoms with van der Waals surface area (Å²) in [6, 6.07) is 13.3. The fourth-order valence-electron chi connectivity index (χ4n) is 4.92. The first-order valence-corrected chi connectivity index (χ1v) is 15.4. The number of carbonyl (C=O) groups is 2. The molecule has 2 aromatic heterocycles. The molecule has 1 saturated heterocycles. The third-order valence-corrected chi connectivity index (χ3v) is 11.6. The SMILES string of the molecule is NC(=O)c1c(NC(=O)C2CCN(S(=O)(=O)c3ccc(Cl)s3)CC2)sc2c1CCN(Cc1ccccc1)C2. The monoisotopic (exact) mass is 578 g/mol. The van der Waals surface area contributed by atoms with Gasteiger partial charge in [-0.2, -0.15) is 4.31 Å². The van der Waals surface area contributed by atoms with Crippen LogP contribution in [0.5, 0.6) is 0 Å². The molecule has 0 bridgehead atoms. The summed E-state index contributed by atoms with van der Waals surface area (Å²) in [4.78, 5) is 28.9. The minimum absolute atomic E-state index is 0.206. The zero-order chi connectivity index (χ0) is 26.2. The number of nitrogens with zero attached hydrogens (tertiary/aromatic N) is 2. The van der Waals surface area contributed by atoms with E-state index in [4.69, 9.17) is 17.3 Å². The van der Waals surface area contributed by atoms with E-state index in [1.165, 1.54) is 27.3 Å². The highest BCUT2D eigenvalue weighted by molar-refractivity contribution is 7.91. The summed E-state index contributed by atoms with van der Waals surface area (Å²) in [5.41, 5.74) is 8.29. The van der Waals surface area contributed by atoms with Gasteiger partial charge < -0.3 is 11.1 Å². The minimum Gasteiger partial charge on any atom is -0.365 e. The lowest BCUT2D eigenvalue weighted by atomic mass is 9.97. The van der Waals surface area contributed by atoms with Gasteiger partial charge in [-0.05, 0) is 42.5 Å². The first kappa shape index (κ1) is 26.3. The molecule has 0 radical (unpaired) electrons. The van der Waals surface area contributed by atoms with Crippen LogP contribution >= 0.6 is 34.3 Å².